The predicted octanol–water partition coefficient (Wildman–Crippen LogP) is 3.62. The maximum absolute atomic E-state index is 4.57. The van der Waals surface area contributed by atoms with Gasteiger partial charge in [0, 0.05) is 5.39 Å². The third-order valence-electron chi connectivity index (χ3n) is 2.86. The van der Waals surface area contributed by atoms with Crippen LogP contribution in [0.2, 0.25) is 0 Å². The fourth-order valence-corrected chi connectivity index (χ4v) is 1.98. The molecule has 1 aromatic heterocycles. The molecule has 0 bridgehead atoms. The average Bonchev–Trinajstić information content (AvgIpc) is 2.27. The smallest absolute Gasteiger partial charge is 0.126 e. The van der Waals surface area contributed by atoms with Crippen molar-refractivity contribution in [2.24, 2.45) is 0 Å². The molecule has 2 rings (SSSR count). The first-order valence-electron chi connectivity index (χ1n) is 5.89. The van der Waals surface area contributed by atoms with E-state index in [1.807, 2.05) is 6.92 Å². The molecule has 0 fully saturated rings. The number of rotatable bonds is 2. The molecular formula is C14H18N2. The largest absolute Gasteiger partial charge is 0.237 e. The first kappa shape index (κ1) is 11.1. The zero-order valence-corrected chi connectivity index (χ0v) is 10.4. The Labute approximate surface area is 96.7 Å². The number of nitrogens with zero attached hydrogens (tertiary/aromatic N) is 2. The van der Waals surface area contributed by atoms with Crippen molar-refractivity contribution < 1.29 is 0 Å². The molecule has 84 valence electrons. The second-order valence-corrected chi connectivity index (χ2v) is 4.52. The first-order chi connectivity index (χ1) is 7.61. The van der Waals surface area contributed by atoms with Crippen LogP contribution in [0.1, 0.15) is 43.8 Å². The molecule has 1 heterocycles. The minimum Gasteiger partial charge on any atom is -0.237 e. The third-order valence-corrected chi connectivity index (χ3v) is 2.86. The standard InChI is InChI=1S/C14H18N2/c1-5-11-6-7-13-12(8-11)14(9(2)3)16-10(4)15-13/h6-9H,5H2,1-4H3. The molecule has 16 heavy (non-hydrogen) atoms. The first-order valence-corrected chi connectivity index (χ1v) is 5.89. The number of aromatic nitrogens is 2. The second-order valence-electron chi connectivity index (χ2n) is 4.52. The van der Waals surface area contributed by atoms with Gasteiger partial charge >= 0.3 is 0 Å². The lowest BCUT2D eigenvalue weighted by Crippen LogP contribution is -2.00. The molecule has 2 aromatic rings. The topological polar surface area (TPSA) is 25.8 Å². The predicted molar refractivity (Wildman–Crippen MR) is 67.7 cm³/mol. The van der Waals surface area contributed by atoms with Gasteiger partial charge in [0.15, 0.2) is 0 Å². The van der Waals surface area contributed by atoms with Gasteiger partial charge in [0.25, 0.3) is 0 Å². The summed E-state index contributed by atoms with van der Waals surface area (Å²) >= 11 is 0. The Balaban J connectivity index is 2.75. The van der Waals surface area contributed by atoms with E-state index in [0.717, 1.165) is 23.5 Å². The zero-order valence-electron chi connectivity index (χ0n) is 10.4. The minimum atomic E-state index is 0.441. The van der Waals surface area contributed by atoms with E-state index in [-0.39, 0.29) is 0 Å². The molecule has 0 radical (unpaired) electrons. The minimum absolute atomic E-state index is 0.441. The van der Waals surface area contributed by atoms with Crippen LogP contribution in [0.15, 0.2) is 18.2 Å². The number of benzene rings is 1. The summed E-state index contributed by atoms with van der Waals surface area (Å²) in [6, 6.07) is 6.48. The van der Waals surface area contributed by atoms with E-state index in [0.29, 0.717) is 5.92 Å². The van der Waals surface area contributed by atoms with Crippen molar-refractivity contribution in [3.8, 4) is 0 Å². The Morgan fingerprint density at radius 3 is 2.56 bits per heavy atom. The van der Waals surface area contributed by atoms with E-state index in [4.69, 9.17) is 0 Å². The lowest BCUT2D eigenvalue weighted by atomic mass is 10.0. The lowest BCUT2D eigenvalue weighted by Gasteiger charge is -2.10. The van der Waals surface area contributed by atoms with Crippen molar-refractivity contribution in [2.75, 3.05) is 0 Å². The Bertz CT molecular complexity index is 515. The molecule has 0 saturated carbocycles. The quantitative estimate of drug-likeness (QED) is 0.763. The van der Waals surface area contributed by atoms with Gasteiger partial charge in [0.2, 0.25) is 0 Å². The fraction of sp³-hybridized carbons (Fsp3) is 0.429. The molecule has 0 aliphatic heterocycles. The van der Waals surface area contributed by atoms with E-state index in [1.54, 1.807) is 0 Å². The van der Waals surface area contributed by atoms with Gasteiger partial charge in [0.05, 0.1) is 11.2 Å². The highest BCUT2D eigenvalue weighted by molar-refractivity contribution is 5.82. The number of aryl methyl sites for hydroxylation is 2. The van der Waals surface area contributed by atoms with Crippen molar-refractivity contribution in [2.45, 2.75) is 40.0 Å². The van der Waals surface area contributed by atoms with Gasteiger partial charge < -0.3 is 0 Å². The summed E-state index contributed by atoms with van der Waals surface area (Å²) in [7, 11) is 0. The maximum Gasteiger partial charge on any atom is 0.126 e. The molecule has 0 saturated heterocycles. The summed E-state index contributed by atoms with van der Waals surface area (Å²) in [6.07, 6.45) is 1.06. The highest BCUT2D eigenvalue weighted by Gasteiger charge is 2.09. The molecule has 0 atom stereocenters. The van der Waals surface area contributed by atoms with Crippen molar-refractivity contribution in [3.63, 3.8) is 0 Å². The molecule has 0 aliphatic carbocycles. The fourth-order valence-electron chi connectivity index (χ4n) is 1.98. The summed E-state index contributed by atoms with van der Waals surface area (Å²) in [6.45, 7) is 8.49. The Morgan fingerprint density at radius 2 is 1.94 bits per heavy atom. The van der Waals surface area contributed by atoms with Crippen molar-refractivity contribution in [1.29, 1.82) is 0 Å². The summed E-state index contributed by atoms with van der Waals surface area (Å²) in [5, 5.41) is 1.21. The monoisotopic (exact) mass is 214 g/mol. The van der Waals surface area contributed by atoms with Gasteiger partial charge in [-0.3, -0.25) is 0 Å². The van der Waals surface area contributed by atoms with E-state index in [1.165, 1.54) is 10.9 Å². The number of fused-ring (bicyclic) bond motifs is 1. The summed E-state index contributed by atoms with van der Waals surface area (Å²) in [4.78, 5) is 9.05. The highest BCUT2D eigenvalue weighted by atomic mass is 14.9. The molecule has 0 N–H and O–H groups in total. The summed E-state index contributed by atoms with van der Waals surface area (Å²) < 4.78 is 0. The molecule has 2 heteroatoms. The van der Waals surface area contributed by atoms with Crippen LogP contribution in [0.25, 0.3) is 10.9 Å². The van der Waals surface area contributed by atoms with Crippen LogP contribution < -0.4 is 0 Å². The Morgan fingerprint density at radius 1 is 1.19 bits per heavy atom. The van der Waals surface area contributed by atoms with E-state index >= 15 is 0 Å². The molecule has 0 unspecified atom stereocenters. The molecular weight excluding hydrogens is 196 g/mol. The maximum atomic E-state index is 4.57. The summed E-state index contributed by atoms with van der Waals surface area (Å²) in [5.41, 5.74) is 3.58. The van der Waals surface area contributed by atoms with Gasteiger partial charge in [-0.1, -0.05) is 26.8 Å². The van der Waals surface area contributed by atoms with Crippen molar-refractivity contribution >= 4 is 10.9 Å². The SMILES string of the molecule is CCc1ccc2nc(C)nc(C(C)C)c2c1. The Hall–Kier alpha value is -1.44. The molecule has 1 aromatic carbocycles. The molecule has 2 nitrogen and oxygen atoms in total. The van der Waals surface area contributed by atoms with Crippen LogP contribution in [0.4, 0.5) is 0 Å². The highest BCUT2D eigenvalue weighted by Crippen LogP contribution is 2.23. The number of hydrogen-bond donors (Lipinski definition) is 0. The molecule has 0 amide bonds. The van der Waals surface area contributed by atoms with Crippen LogP contribution in [-0.2, 0) is 6.42 Å². The van der Waals surface area contributed by atoms with Gasteiger partial charge in [0.1, 0.15) is 5.82 Å². The average molecular weight is 214 g/mol. The van der Waals surface area contributed by atoms with E-state index in [9.17, 15) is 0 Å². The zero-order chi connectivity index (χ0) is 11.7. The Kier molecular flexibility index (Phi) is 2.90. The normalized spacial score (nSPS) is 11.3. The van der Waals surface area contributed by atoms with Gasteiger partial charge in [-0.15, -0.1) is 0 Å². The number of hydrogen-bond acceptors (Lipinski definition) is 2. The van der Waals surface area contributed by atoms with E-state index in [2.05, 4.69) is 48.9 Å². The third kappa shape index (κ3) is 1.92. The second kappa shape index (κ2) is 4.20. The summed E-state index contributed by atoms with van der Waals surface area (Å²) in [5.74, 6) is 1.30. The van der Waals surface area contributed by atoms with Gasteiger partial charge in [-0.2, -0.15) is 0 Å². The van der Waals surface area contributed by atoms with Crippen molar-refractivity contribution in [1.82, 2.24) is 9.97 Å². The van der Waals surface area contributed by atoms with Crippen molar-refractivity contribution in [3.05, 3.63) is 35.3 Å². The van der Waals surface area contributed by atoms with Crippen LogP contribution in [0, 0.1) is 6.92 Å². The van der Waals surface area contributed by atoms with Crippen LogP contribution in [0.3, 0.4) is 0 Å². The lowest BCUT2D eigenvalue weighted by molar-refractivity contribution is 0.817. The van der Waals surface area contributed by atoms with Crippen LogP contribution in [-0.4, -0.2) is 9.97 Å². The molecule has 0 spiro atoms. The van der Waals surface area contributed by atoms with Gasteiger partial charge in [-0.05, 0) is 37.0 Å². The van der Waals surface area contributed by atoms with Crippen LogP contribution >= 0.6 is 0 Å². The van der Waals surface area contributed by atoms with E-state index < -0.39 is 0 Å². The van der Waals surface area contributed by atoms with Crippen LogP contribution in [0.5, 0.6) is 0 Å². The molecule has 0 aliphatic rings. The van der Waals surface area contributed by atoms with Gasteiger partial charge in [-0.25, -0.2) is 9.97 Å².